The van der Waals surface area contributed by atoms with Crippen LogP contribution in [0, 0.1) is 5.82 Å². The number of amides is 1. The third-order valence-corrected chi connectivity index (χ3v) is 4.65. The van der Waals surface area contributed by atoms with Gasteiger partial charge in [-0.1, -0.05) is 6.07 Å². The van der Waals surface area contributed by atoms with Crippen LogP contribution in [0.25, 0.3) is 0 Å². The summed E-state index contributed by atoms with van der Waals surface area (Å²) in [5, 5.41) is 13.8. The highest BCUT2D eigenvalue weighted by Crippen LogP contribution is 2.24. The van der Waals surface area contributed by atoms with Gasteiger partial charge in [0.05, 0.1) is 5.25 Å². The third kappa shape index (κ3) is 2.91. The number of phenolic OH excluding ortho intramolecular Hbond substituents is 1. The number of nitrogens with zero attached hydrogens (tertiary/aromatic N) is 1. The molecule has 0 bridgehead atoms. The van der Waals surface area contributed by atoms with E-state index in [1.54, 1.807) is 0 Å². The van der Waals surface area contributed by atoms with Crippen molar-refractivity contribution >= 4 is 15.9 Å². The highest BCUT2D eigenvalue weighted by molar-refractivity contribution is 7.89. The summed E-state index contributed by atoms with van der Waals surface area (Å²) in [6.07, 6.45) is 0.827. The summed E-state index contributed by atoms with van der Waals surface area (Å²) in [5.74, 6) is -2.03. The second-order valence-electron chi connectivity index (χ2n) is 4.74. The lowest BCUT2D eigenvalue weighted by Crippen LogP contribution is -2.47. The molecule has 0 saturated carbocycles. The molecule has 110 valence electrons. The maximum absolute atomic E-state index is 13.6. The predicted octanol–water partition coefficient (Wildman–Crippen LogP) is 0.424. The first-order valence-electron chi connectivity index (χ1n) is 6.09. The molecule has 1 aliphatic rings. The van der Waals surface area contributed by atoms with Crippen molar-refractivity contribution in [3.8, 4) is 5.75 Å². The molecule has 0 radical (unpaired) electrons. The fraction of sp³-hybridized carbons (Fsp3) is 0.417. The number of hydrogen-bond acceptors (Lipinski definition) is 4. The number of sulfonamides is 1. The van der Waals surface area contributed by atoms with E-state index in [9.17, 15) is 22.7 Å². The summed E-state index contributed by atoms with van der Waals surface area (Å²) in [6, 6.07) is 3.55. The molecule has 20 heavy (non-hydrogen) atoms. The Morgan fingerprint density at radius 2 is 2.15 bits per heavy atom. The molecule has 1 amide bonds. The Kier molecular flexibility index (Phi) is 3.96. The van der Waals surface area contributed by atoms with Gasteiger partial charge in [0.1, 0.15) is 17.1 Å². The average Bonchev–Trinajstić information content (AvgIpc) is 2.37. The first-order chi connectivity index (χ1) is 9.30. The van der Waals surface area contributed by atoms with E-state index in [4.69, 9.17) is 5.14 Å². The van der Waals surface area contributed by atoms with Crippen LogP contribution in [-0.4, -0.2) is 42.7 Å². The smallest absolute Gasteiger partial charge is 0.260 e. The van der Waals surface area contributed by atoms with Crippen LogP contribution >= 0.6 is 0 Å². The first kappa shape index (κ1) is 14.7. The van der Waals surface area contributed by atoms with Gasteiger partial charge in [-0.2, -0.15) is 0 Å². The molecule has 1 aromatic carbocycles. The molecule has 6 nitrogen and oxygen atoms in total. The Labute approximate surface area is 116 Å². The molecule has 1 fully saturated rings. The van der Waals surface area contributed by atoms with Crippen molar-refractivity contribution in [2.75, 3.05) is 13.1 Å². The van der Waals surface area contributed by atoms with E-state index >= 15 is 0 Å². The van der Waals surface area contributed by atoms with Crippen molar-refractivity contribution in [3.05, 3.63) is 29.6 Å². The quantitative estimate of drug-likeness (QED) is 0.827. The van der Waals surface area contributed by atoms with Gasteiger partial charge in [0.15, 0.2) is 0 Å². The number of aromatic hydroxyl groups is 1. The number of benzene rings is 1. The van der Waals surface area contributed by atoms with Gasteiger partial charge in [-0.15, -0.1) is 0 Å². The van der Waals surface area contributed by atoms with E-state index in [1.165, 1.54) is 17.0 Å². The lowest BCUT2D eigenvalue weighted by atomic mass is 10.1. The summed E-state index contributed by atoms with van der Waals surface area (Å²) in [7, 11) is -3.74. The molecule has 1 atom stereocenters. The van der Waals surface area contributed by atoms with Crippen LogP contribution in [0.1, 0.15) is 23.2 Å². The number of hydrogen-bond donors (Lipinski definition) is 2. The lowest BCUT2D eigenvalue weighted by Gasteiger charge is -2.31. The largest absolute Gasteiger partial charge is 0.507 e. The Bertz CT molecular complexity index is 612. The predicted molar refractivity (Wildman–Crippen MR) is 70.1 cm³/mol. The van der Waals surface area contributed by atoms with Crippen LogP contribution < -0.4 is 5.14 Å². The highest BCUT2D eigenvalue weighted by Gasteiger charge is 2.32. The maximum Gasteiger partial charge on any atom is 0.260 e. The van der Waals surface area contributed by atoms with Crippen molar-refractivity contribution in [3.63, 3.8) is 0 Å². The van der Waals surface area contributed by atoms with Crippen molar-refractivity contribution in [2.45, 2.75) is 18.1 Å². The molecule has 1 unspecified atom stereocenters. The number of piperidine rings is 1. The number of nitrogens with two attached hydrogens (primary N) is 1. The van der Waals surface area contributed by atoms with Crippen LogP contribution in [0.5, 0.6) is 5.75 Å². The zero-order valence-electron chi connectivity index (χ0n) is 10.6. The molecule has 0 spiro atoms. The number of rotatable bonds is 2. The molecule has 1 saturated heterocycles. The summed E-state index contributed by atoms with van der Waals surface area (Å²) < 4.78 is 36.3. The molecule has 8 heteroatoms. The Balaban J connectivity index is 2.26. The van der Waals surface area contributed by atoms with E-state index in [2.05, 4.69) is 0 Å². The van der Waals surface area contributed by atoms with Gasteiger partial charge < -0.3 is 10.0 Å². The van der Waals surface area contributed by atoms with Gasteiger partial charge in [0, 0.05) is 13.1 Å². The SMILES string of the molecule is NS(=O)(=O)C1CCCN(C(=O)c2c(O)cccc2F)C1. The zero-order chi connectivity index (χ0) is 14.9. The molecular formula is C12H15FN2O4S. The monoisotopic (exact) mass is 302 g/mol. The Morgan fingerprint density at radius 1 is 1.45 bits per heavy atom. The van der Waals surface area contributed by atoms with Gasteiger partial charge in [-0.3, -0.25) is 4.79 Å². The fourth-order valence-corrected chi connectivity index (χ4v) is 3.16. The normalized spacial score (nSPS) is 19.9. The van der Waals surface area contributed by atoms with Crippen LogP contribution in [0.2, 0.25) is 0 Å². The summed E-state index contributed by atoms with van der Waals surface area (Å²) in [4.78, 5) is 13.4. The molecule has 3 N–H and O–H groups in total. The molecule has 2 rings (SSSR count). The molecule has 1 heterocycles. The average molecular weight is 302 g/mol. The van der Waals surface area contributed by atoms with Crippen LogP contribution in [0.3, 0.4) is 0 Å². The maximum atomic E-state index is 13.6. The highest BCUT2D eigenvalue weighted by atomic mass is 32.2. The summed E-state index contributed by atoms with van der Waals surface area (Å²) in [6.45, 7) is 0.212. The summed E-state index contributed by atoms with van der Waals surface area (Å²) in [5.41, 5.74) is -0.442. The number of carbonyl (C=O) groups excluding carboxylic acids is 1. The van der Waals surface area contributed by atoms with Gasteiger partial charge >= 0.3 is 0 Å². The van der Waals surface area contributed by atoms with Gasteiger partial charge in [0.2, 0.25) is 10.0 Å². The van der Waals surface area contributed by atoms with Crippen molar-refractivity contribution < 1.29 is 22.7 Å². The van der Waals surface area contributed by atoms with Gasteiger partial charge in [0.25, 0.3) is 5.91 Å². The van der Waals surface area contributed by atoms with E-state index < -0.39 is 38.3 Å². The number of likely N-dealkylation sites (tertiary alicyclic amines) is 1. The van der Waals surface area contributed by atoms with E-state index in [0.29, 0.717) is 19.4 Å². The minimum atomic E-state index is -3.74. The third-order valence-electron chi connectivity index (χ3n) is 3.34. The minimum Gasteiger partial charge on any atom is -0.507 e. The van der Waals surface area contributed by atoms with Crippen molar-refractivity contribution in [1.29, 1.82) is 0 Å². The first-order valence-corrected chi connectivity index (χ1v) is 7.70. The Morgan fingerprint density at radius 3 is 2.75 bits per heavy atom. The minimum absolute atomic E-state index is 0.0918. The van der Waals surface area contributed by atoms with Crippen LogP contribution in [-0.2, 0) is 10.0 Å². The molecular weight excluding hydrogens is 287 g/mol. The van der Waals surface area contributed by atoms with Crippen LogP contribution in [0.15, 0.2) is 18.2 Å². The molecule has 1 aromatic rings. The van der Waals surface area contributed by atoms with Gasteiger partial charge in [-0.05, 0) is 25.0 Å². The van der Waals surface area contributed by atoms with E-state index in [0.717, 1.165) is 6.07 Å². The topological polar surface area (TPSA) is 101 Å². The standard InChI is InChI=1S/C12H15FN2O4S/c13-9-4-1-5-10(16)11(9)12(17)15-6-2-3-8(7-15)20(14,18)19/h1,4-5,8,16H,2-3,6-7H2,(H2,14,18,19). The molecule has 0 aliphatic carbocycles. The fourth-order valence-electron chi connectivity index (χ4n) is 2.27. The molecule has 1 aliphatic heterocycles. The number of halogens is 1. The second-order valence-corrected chi connectivity index (χ2v) is 6.58. The number of primary sulfonamides is 1. The van der Waals surface area contributed by atoms with Crippen LogP contribution in [0.4, 0.5) is 4.39 Å². The molecule has 0 aromatic heterocycles. The second kappa shape index (κ2) is 5.37. The number of phenols is 1. The van der Waals surface area contributed by atoms with Crippen molar-refractivity contribution in [2.24, 2.45) is 5.14 Å². The summed E-state index contributed by atoms with van der Waals surface area (Å²) >= 11 is 0. The Hall–Kier alpha value is -1.67. The van der Waals surface area contributed by atoms with Gasteiger partial charge in [-0.25, -0.2) is 17.9 Å². The zero-order valence-corrected chi connectivity index (χ0v) is 11.4. The number of carbonyl (C=O) groups is 1. The lowest BCUT2D eigenvalue weighted by molar-refractivity contribution is 0.0719. The van der Waals surface area contributed by atoms with E-state index in [1.807, 2.05) is 0 Å². The van der Waals surface area contributed by atoms with E-state index in [-0.39, 0.29) is 6.54 Å². The van der Waals surface area contributed by atoms with Crippen molar-refractivity contribution in [1.82, 2.24) is 4.90 Å².